The molecular formula is C17H23N3. The second-order valence-corrected chi connectivity index (χ2v) is 5.73. The van der Waals surface area contributed by atoms with Crippen molar-refractivity contribution in [3.05, 3.63) is 65.5 Å². The fourth-order valence-electron chi connectivity index (χ4n) is 2.24. The normalized spacial score (nSPS) is 11.6. The van der Waals surface area contributed by atoms with Crippen LogP contribution in [0.15, 0.2) is 48.7 Å². The van der Waals surface area contributed by atoms with E-state index in [-0.39, 0.29) is 5.41 Å². The minimum Gasteiger partial charge on any atom is -0.326 e. The molecule has 2 aromatic rings. The Morgan fingerprint density at radius 1 is 1.10 bits per heavy atom. The maximum absolute atomic E-state index is 5.66. The number of nitrogens with zero attached hydrogens (tertiary/aromatic N) is 1. The standard InChI is InChI=1S/C17H23N3/c1-17(2,16-8-3-4-9-20-16)13-19-12-15-7-5-6-14(10-15)11-18/h3-10,19H,11-13,18H2,1-2H3. The third-order valence-electron chi connectivity index (χ3n) is 3.48. The van der Waals surface area contributed by atoms with E-state index in [1.807, 2.05) is 18.3 Å². The number of hydrogen-bond acceptors (Lipinski definition) is 3. The molecule has 0 amide bonds. The molecule has 1 aromatic carbocycles. The molecule has 1 heterocycles. The quantitative estimate of drug-likeness (QED) is 0.847. The zero-order chi connectivity index (χ0) is 14.4. The lowest BCUT2D eigenvalue weighted by Gasteiger charge is -2.24. The van der Waals surface area contributed by atoms with Crippen molar-refractivity contribution < 1.29 is 0 Å². The van der Waals surface area contributed by atoms with Crippen LogP contribution in [0, 0.1) is 0 Å². The van der Waals surface area contributed by atoms with Gasteiger partial charge in [0, 0.05) is 36.9 Å². The molecule has 3 heteroatoms. The van der Waals surface area contributed by atoms with E-state index < -0.39 is 0 Å². The van der Waals surface area contributed by atoms with Crippen molar-refractivity contribution in [3.8, 4) is 0 Å². The summed E-state index contributed by atoms with van der Waals surface area (Å²) in [5, 5.41) is 3.51. The first-order valence-corrected chi connectivity index (χ1v) is 7.02. The largest absolute Gasteiger partial charge is 0.326 e. The number of benzene rings is 1. The molecule has 0 aliphatic rings. The Morgan fingerprint density at radius 3 is 2.60 bits per heavy atom. The van der Waals surface area contributed by atoms with E-state index in [1.165, 1.54) is 11.1 Å². The van der Waals surface area contributed by atoms with Crippen LogP contribution in [-0.2, 0) is 18.5 Å². The third kappa shape index (κ3) is 3.89. The Bertz CT molecular complexity index is 535. The van der Waals surface area contributed by atoms with Gasteiger partial charge in [-0.3, -0.25) is 4.98 Å². The average Bonchev–Trinajstić information content (AvgIpc) is 2.48. The lowest BCUT2D eigenvalue weighted by Crippen LogP contribution is -2.33. The second-order valence-electron chi connectivity index (χ2n) is 5.73. The van der Waals surface area contributed by atoms with Crippen molar-refractivity contribution in [2.24, 2.45) is 5.73 Å². The maximum Gasteiger partial charge on any atom is 0.0472 e. The smallest absolute Gasteiger partial charge is 0.0472 e. The fourth-order valence-corrected chi connectivity index (χ4v) is 2.24. The van der Waals surface area contributed by atoms with Gasteiger partial charge in [-0.15, -0.1) is 0 Å². The molecule has 2 rings (SSSR count). The molecule has 3 N–H and O–H groups in total. The van der Waals surface area contributed by atoms with E-state index in [0.717, 1.165) is 18.8 Å². The second kappa shape index (κ2) is 6.64. The monoisotopic (exact) mass is 269 g/mol. The highest BCUT2D eigenvalue weighted by atomic mass is 14.9. The van der Waals surface area contributed by atoms with Crippen LogP contribution in [-0.4, -0.2) is 11.5 Å². The van der Waals surface area contributed by atoms with Gasteiger partial charge in [-0.2, -0.15) is 0 Å². The van der Waals surface area contributed by atoms with Gasteiger partial charge in [0.15, 0.2) is 0 Å². The summed E-state index contributed by atoms with van der Waals surface area (Å²) in [4.78, 5) is 4.45. The molecule has 0 aliphatic carbocycles. The Labute approximate surface area is 121 Å². The number of rotatable bonds is 6. The van der Waals surface area contributed by atoms with Gasteiger partial charge in [-0.25, -0.2) is 0 Å². The van der Waals surface area contributed by atoms with Crippen LogP contribution >= 0.6 is 0 Å². The van der Waals surface area contributed by atoms with Gasteiger partial charge in [0.2, 0.25) is 0 Å². The van der Waals surface area contributed by atoms with Crippen LogP contribution in [0.5, 0.6) is 0 Å². The van der Waals surface area contributed by atoms with Crippen molar-refractivity contribution in [3.63, 3.8) is 0 Å². The molecule has 0 bridgehead atoms. The lowest BCUT2D eigenvalue weighted by molar-refractivity contribution is 0.457. The van der Waals surface area contributed by atoms with Crippen molar-refractivity contribution >= 4 is 0 Å². The molecule has 0 unspecified atom stereocenters. The number of nitrogens with two attached hydrogens (primary N) is 1. The molecule has 0 fully saturated rings. The summed E-state index contributed by atoms with van der Waals surface area (Å²) in [5.74, 6) is 0. The van der Waals surface area contributed by atoms with E-state index in [2.05, 4.69) is 54.5 Å². The van der Waals surface area contributed by atoms with Gasteiger partial charge >= 0.3 is 0 Å². The van der Waals surface area contributed by atoms with Gasteiger partial charge in [-0.05, 0) is 23.3 Å². The van der Waals surface area contributed by atoms with Gasteiger partial charge in [0.05, 0.1) is 0 Å². The predicted octanol–water partition coefficient (Wildman–Crippen LogP) is 2.61. The topological polar surface area (TPSA) is 50.9 Å². The number of pyridine rings is 1. The van der Waals surface area contributed by atoms with Crippen LogP contribution in [0.4, 0.5) is 0 Å². The van der Waals surface area contributed by atoms with E-state index >= 15 is 0 Å². The molecule has 0 radical (unpaired) electrons. The van der Waals surface area contributed by atoms with Crippen molar-refractivity contribution in [1.82, 2.24) is 10.3 Å². The third-order valence-corrected chi connectivity index (χ3v) is 3.48. The summed E-state index contributed by atoms with van der Waals surface area (Å²) < 4.78 is 0. The van der Waals surface area contributed by atoms with Gasteiger partial charge in [-0.1, -0.05) is 44.2 Å². The fraction of sp³-hybridized carbons (Fsp3) is 0.353. The Balaban J connectivity index is 1.92. The van der Waals surface area contributed by atoms with Crippen LogP contribution in [0.3, 0.4) is 0 Å². The van der Waals surface area contributed by atoms with Crippen molar-refractivity contribution in [2.45, 2.75) is 32.4 Å². The molecule has 0 spiro atoms. The number of nitrogens with one attached hydrogen (secondary N) is 1. The van der Waals surface area contributed by atoms with Crippen LogP contribution in [0.1, 0.15) is 30.7 Å². The summed E-state index contributed by atoms with van der Waals surface area (Å²) >= 11 is 0. The first-order valence-electron chi connectivity index (χ1n) is 7.02. The highest BCUT2D eigenvalue weighted by molar-refractivity contribution is 5.23. The lowest BCUT2D eigenvalue weighted by atomic mass is 9.88. The molecule has 1 aromatic heterocycles. The van der Waals surface area contributed by atoms with Crippen molar-refractivity contribution in [2.75, 3.05) is 6.54 Å². The zero-order valence-electron chi connectivity index (χ0n) is 12.3. The van der Waals surface area contributed by atoms with E-state index in [9.17, 15) is 0 Å². The molecule has 3 nitrogen and oxygen atoms in total. The van der Waals surface area contributed by atoms with E-state index in [0.29, 0.717) is 6.54 Å². The zero-order valence-corrected chi connectivity index (χ0v) is 12.3. The summed E-state index contributed by atoms with van der Waals surface area (Å²) in [6, 6.07) is 14.5. The Hall–Kier alpha value is -1.71. The van der Waals surface area contributed by atoms with Crippen LogP contribution in [0.25, 0.3) is 0 Å². The Morgan fingerprint density at radius 2 is 1.90 bits per heavy atom. The highest BCUT2D eigenvalue weighted by Gasteiger charge is 2.21. The first kappa shape index (κ1) is 14.7. The first-order chi connectivity index (χ1) is 9.62. The number of aromatic nitrogens is 1. The molecule has 0 atom stereocenters. The molecule has 0 saturated carbocycles. The van der Waals surface area contributed by atoms with Crippen molar-refractivity contribution in [1.29, 1.82) is 0 Å². The molecule has 106 valence electrons. The van der Waals surface area contributed by atoms with Crippen LogP contribution < -0.4 is 11.1 Å². The van der Waals surface area contributed by atoms with Gasteiger partial charge in [0.25, 0.3) is 0 Å². The Kier molecular flexibility index (Phi) is 4.88. The average molecular weight is 269 g/mol. The maximum atomic E-state index is 5.66. The summed E-state index contributed by atoms with van der Waals surface area (Å²) in [7, 11) is 0. The predicted molar refractivity (Wildman–Crippen MR) is 83.3 cm³/mol. The molecule has 20 heavy (non-hydrogen) atoms. The van der Waals surface area contributed by atoms with E-state index in [1.54, 1.807) is 0 Å². The molecular weight excluding hydrogens is 246 g/mol. The molecule has 0 saturated heterocycles. The number of hydrogen-bond donors (Lipinski definition) is 2. The minimum atomic E-state index is 0.0206. The summed E-state index contributed by atoms with van der Waals surface area (Å²) in [6.07, 6.45) is 1.85. The van der Waals surface area contributed by atoms with E-state index in [4.69, 9.17) is 5.73 Å². The van der Waals surface area contributed by atoms with Crippen LogP contribution in [0.2, 0.25) is 0 Å². The minimum absolute atomic E-state index is 0.0206. The SMILES string of the molecule is CC(C)(CNCc1cccc(CN)c1)c1ccccn1. The van der Waals surface area contributed by atoms with Gasteiger partial charge in [0.1, 0.15) is 0 Å². The molecule has 0 aliphatic heterocycles. The van der Waals surface area contributed by atoms with Gasteiger partial charge < -0.3 is 11.1 Å². The summed E-state index contributed by atoms with van der Waals surface area (Å²) in [6.45, 7) is 6.74. The summed E-state index contributed by atoms with van der Waals surface area (Å²) in [5.41, 5.74) is 9.24. The highest BCUT2D eigenvalue weighted by Crippen LogP contribution is 2.19.